The zero-order valence-electron chi connectivity index (χ0n) is 13.5. The van der Waals surface area contributed by atoms with E-state index in [1.807, 2.05) is 0 Å². The minimum atomic E-state index is 0.461. The van der Waals surface area contributed by atoms with E-state index in [0.29, 0.717) is 24.0 Å². The van der Waals surface area contributed by atoms with Crippen LogP contribution >= 0.6 is 0 Å². The van der Waals surface area contributed by atoms with Crippen molar-refractivity contribution in [1.29, 1.82) is 0 Å². The van der Waals surface area contributed by atoms with Crippen LogP contribution in [0.5, 0.6) is 0 Å². The van der Waals surface area contributed by atoms with E-state index in [2.05, 4.69) is 67.2 Å². The summed E-state index contributed by atoms with van der Waals surface area (Å²) in [7, 11) is 0. The molecule has 1 N–H and O–H groups in total. The fourth-order valence-corrected chi connectivity index (χ4v) is 3.31. The highest BCUT2D eigenvalue weighted by Gasteiger charge is 2.32. The summed E-state index contributed by atoms with van der Waals surface area (Å²) < 4.78 is 0. The van der Waals surface area contributed by atoms with Crippen LogP contribution in [0.3, 0.4) is 0 Å². The van der Waals surface area contributed by atoms with Crippen molar-refractivity contribution in [2.75, 3.05) is 13.1 Å². The molecule has 114 valence electrons. The fraction of sp³-hybridized carbons (Fsp3) is 0.579. The molecule has 0 aromatic heterocycles. The molecule has 0 radical (unpaired) electrons. The standard InChI is InChI=1S/C19H28N2/c1-5-9-16(4)21-14-18(20-13-19(21)15(2)3)12-17-10-7-6-8-11-17/h1,6-8,10-11,15-16,18-20H,9,12-14H2,2-4H3. The molecule has 2 rings (SSSR count). The number of benzene rings is 1. The third kappa shape index (κ3) is 4.33. The molecule has 0 spiro atoms. The summed E-state index contributed by atoms with van der Waals surface area (Å²) in [4.78, 5) is 2.62. The van der Waals surface area contributed by atoms with E-state index in [0.717, 1.165) is 25.9 Å². The Hall–Kier alpha value is -1.30. The lowest BCUT2D eigenvalue weighted by molar-refractivity contribution is 0.0641. The Labute approximate surface area is 129 Å². The number of nitrogens with zero attached hydrogens (tertiary/aromatic N) is 1. The molecule has 1 heterocycles. The maximum absolute atomic E-state index is 5.52. The minimum Gasteiger partial charge on any atom is -0.311 e. The lowest BCUT2D eigenvalue weighted by Gasteiger charge is -2.45. The molecule has 1 aromatic carbocycles. The summed E-state index contributed by atoms with van der Waals surface area (Å²) in [6.07, 6.45) is 7.45. The number of hydrogen-bond donors (Lipinski definition) is 1. The highest BCUT2D eigenvalue weighted by Crippen LogP contribution is 2.21. The monoisotopic (exact) mass is 284 g/mol. The van der Waals surface area contributed by atoms with Gasteiger partial charge in [-0.2, -0.15) is 0 Å². The summed E-state index contributed by atoms with van der Waals surface area (Å²) in [6, 6.07) is 12.3. The molecule has 21 heavy (non-hydrogen) atoms. The van der Waals surface area contributed by atoms with Gasteiger partial charge in [0.05, 0.1) is 0 Å². The molecule has 1 aromatic rings. The zero-order valence-corrected chi connectivity index (χ0v) is 13.5. The predicted octanol–water partition coefficient (Wildman–Crippen LogP) is 2.94. The van der Waals surface area contributed by atoms with Crippen LogP contribution in [0, 0.1) is 18.3 Å². The lowest BCUT2D eigenvalue weighted by Crippen LogP contribution is -2.61. The lowest BCUT2D eigenvalue weighted by atomic mass is 9.94. The molecule has 1 fully saturated rings. The van der Waals surface area contributed by atoms with E-state index < -0.39 is 0 Å². The van der Waals surface area contributed by atoms with Crippen molar-refractivity contribution < 1.29 is 0 Å². The van der Waals surface area contributed by atoms with Crippen LogP contribution < -0.4 is 5.32 Å². The molecule has 0 aliphatic carbocycles. The topological polar surface area (TPSA) is 15.3 Å². The number of terminal acetylenes is 1. The van der Waals surface area contributed by atoms with Gasteiger partial charge in [-0.1, -0.05) is 44.2 Å². The van der Waals surface area contributed by atoms with Gasteiger partial charge < -0.3 is 5.32 Å². The normalized spacial score (nSPS) is 24.7. The van der Waals surface area contributed by atoms with E-state index >= 15 is 0 Å². The van der Waals surface area contributed by atoms with Crippen molar-refractivity contribution in [3.63, 3.8) is 0 Å². The molecule has 0 saturated carbocycles. The van der Waals surface area contributed by atoms with Crippen molar-refractivity contribution in [2.24, 2.45) is 5.92 Å². The average Bonchev–Trinajstić information content (AvgIpc) is 2.48. The number of hydrogen-bond acceptors (Lipinski definition) is 2. The first-order valence-corrected chi connectivity index (χ1v) is 8.08. The molecule has 0 bridgehead atoms. The van der Waals surface area contributed by atoms with Gasteiger partial charge in [-0.15, -0.1) is 12.3 Å². The van der Waals surface area contributed by atoms with Gasteiger partial charge in [0.1, 0.15) is 0 Å². The summed E-state index contributed by atoms with van der Waals surface area (Å²) in [5.41, 5.74) is 1.41. The van der Waals surface area contributed by atoms with Crippen molar-refractivity contribution in [2.45, 2.75) is 51.7 Å². The quantitative estimate of drug-likeness (QED) is 0.836. The first-order valence-electron chi connectivity index (χ1n) is 8.08. The summed E-state index contributed by atoms with van der Waals surface area (Å²) in [6.45, 7) is 9.02. The van der Waals surface area contributed by atoms with Crippen LogP contribution in [0.1, 0.15) is 32.8 Å². The summed E-state index contributed by atoms with van der Waals surface area (Å²) in [5, 5.41) is 3.73. The van der Waals surface area contributed by atoms with Crippen molar-refractivity contribution in [3.8, 4) is 12.3 Å². The van der Waals surface area contributed by atoms with Gasteiger partial charge in [0.25, 0.3) is 0 Å². The predicted molar refractivity (Wildman–Crippen MR) is 90.2 cm³/mol. The Morgan fingerprint density at radius 2 is 2.00 bits per heavy atom. The van der Waals surface area contributed by atoms with Gasteiger partial charge in [0.15, 0.2) is 0 Å². The maximum atomic E-state index is 5.52. The Bertz CT molecular complexity index is 460. The van der Waals surface area contributed by atoms with Gasteiger partial charge in [0, 0.05) is 37.6 Å². The van der Waals surface area contributed by atoms with E-state index in [1.54, 1.807) is 0 Å². The number of nitrogens with one attached hydrogen (secondary N) is 1. The first-order chi connectivity index (χ1) is 10.1. The van der Waals surface area contributed by atoms with Crippen LogP contribution in [0.25, 0.3) is 0 Å². The summed E-state index contributed by atoms with van der Waals surface area (Å²) >= 11 is 0. The second kappa shape index (κ2) is 7.64. The van der Waals surface area contributed by atoms with Gasteiger partial charge in [-0.3, -0.25) is 4.90 Å². The number of piperazine rings is 1. The first kappa shape index (κ1) is 16.1. The molecule has 1 aliphatic heterocycles. The molecular weight excluding hydrogens is 256 g/mol. The molecule has 2 heteroatoms. The highest BCUT2D eigenvalue weighted by atomic mass is 15.3. The average molecular weight is 284 g/mol. The molecule has 0 amide bonds. The third-order valence-corrected chi connectivity index (χ3v) is 4.55. The van der Waals surface area contributed by atoms with Crippen molar-refractivity contribution >= 4 is 0 Å². The van der Waals surface area contributed by atoms with Gasteiger partial charge in [-0.05, 0) is 24.8 Å². The Kier molecular flexibility index (Phi) is 5.85. The van der Waals surface area contributed by atoms with Crippen LogP contribution in [-0.4, -0.2) is 36.1 Å². The molecule has 3 unspecified atom stereocenters. The van der Waals surface area contributed by atoms with Crippen LogP contribution in [0.2, 0.25) is 0 Å². The SMILES string of the molecule is C#CCC(C)N1CC(Cc2ccccc2)NCC1C(C)C. The van der Waals surface area contributed by atoms with Crippen LogP contribution in [-0.2, 0) is 6.42 Å². The van der Waals surface area contributed by atoms with Crippen molar-refractivity contribution in [3.05, 3.63) is 35.9 Å². The van der Waals surface area contributed by atoms with E-state index in [-0.39, 0.29) is 0 Å². The van der Waals surface area contributed by atoms with E-state index in [4.69, 9.17) is 6.42 Å². The smallest absolute Gasteiger partial charge is 0.0247 e. The highest BCUT2D eigenvalue weighted by molar-refractivity contribution is 5.16. The zero-order chi connectivity index (χ0) is 15.2. The second-order valence-electron chi connectivity index (χ2n) is 6.56. The Morgan fingerprint density at radius 1 is 1.29 bits per heavy atom. The van der Waals surface area contributed by atoms with E-state index in [9.17, 15) is 0 Å². The minimum absolute atomic E-state index is 0.461. The number of rotatable bonds is 5. The van der Waals surface area contributed by atoms with Gasteiger partial charge >= 0.3 is 0 Å². The van der Waals surface area contributed by atoms with Crippen molar-refractivity contribution in [1.82, 2.24) is 10.2 Å². The van der Waals surface area contributed by atoms with Gasteiger partial charge in [-0.25, -0.2) is 0 Å². The molecule has 1 aliphatic rings. The largest absolute Gasteiger partial charge is 0.311 e. The van der Waals surface area contributed by atoms with Crippen LogP contribution in [0.15, 0.2) is 30.3 Å². The maximum Gasteiger partial charge on any atom is 0.0247 e. The molecule has 2 nitrogen and oxygen atoms in total. The Balaban J connectivity index is 2.03. The second-order valence-corrected chi connectivity index (χ2v) is 6.56. The molecule has 1 saturated heterocycles. The van der Waals surface area contributed by atoms with E-state index in [1.165, 1.54) is 5.56 Å². The molecule has 3 atom stereocenters. The molecular formula is C19H28N2. The fourth-order valence-electron chi connectivity index (χ4n) is 3.31. The summed E-state index contributed by atoms with van der Waals surface area (Å²) in [5.74, 6) is 3.48. The Morgan fingerprint density at radius 3 is 2.62 bits per heavy atom. The van der Waals surface area contributed by atoms with Gasteiger partial charge in [0.2, 0.25) is 0 Å². The van der Waals surface area contributed by atoms with Crippen LogP contribution in [0.4, 0.5) is 0 Å². The third-order valence-electron chi connectivity index (χ3n) is 4.55.